The Balaban J connectivity index is 0. The van der Waals surface area contributed by atoms with Crippen molar-refractivity contribution in [3.63, 3.8) is 0 Å². The topological polar surface area (TPSA) is 0 Å². The Bertz CT molecular complexity index is 323. The van der Waals surface area contributed by atoms with Crippen LogP contribution in [0.25, 0.3) is 6.08 Å². The quantitative estimate of drug-likeness (QED) is 0.458. The van der Waals surface area contributed by atoms with Crippen molar-refractivity contribution in [2.75, 3.05) is 0 Å². The summed E-state index contributed by atoms with van der Waals surface area (Å²) in [5, 5.41) is 0. The Labute approximate surface area is 127 Å². The van der Waals surface area contributed by atoms with Crippen molar-refractivity contribution in [3.8, 4) is 0 Å². The fourth-order valence-electron chi connectivity index (χ4n) is 2.23. The summed E-state index contributed by atoms with van der Waals surface area (Å²) in [5.41, 5.74) is 2.76. The minimum Gasteiger partial charge on any atom is -1.00 e. The van der Waals surface area contributed by atoms with Crippen LogP contribution in [0.1, 0.15) is 64.4 Å². The zero-order valence-electron chi connectivity index (χ0n) is 13.3. The summed E-state index contributed by atoms with van der Waals surface area (Å²) in [5.74, 6) is 0. The molecule has 0 bridgehead atoms. The van der Waals surface area contributed by atoms with E-state index in [-0.39, 0.29) is 20.3 Å². The fraction of sp³-hybridized carbons (Fsp3) is 0.529. The molecule has 96 valence electrons. The summed E-state index contributed by atoms with van der Waals surface area (Å²) < 4.78 is 0. The molecular formula is C17H27Li. The number of hydrogen-bond donors (Lipinski definition) is 0. The van der Waals surface area contributed by atoms with Gasteiger partial charge in [-0.25, -0.2) is 0 Å². The Morgan fingerprint density at radius 1 is 1.00 bits per heavy atom. The minimum atomic E-state index is 0. The number of aryl methyl sites for hydroxylation is 1. The van der Waals surface area contributed by atoms with Gasteiger partial charge in [-0.3, -0.25) is 0 Å². The molecule has 1 rings (SSSR count). The van der Waals surface area contributed by atoms with Gasteiger partial charge in [0.15, 0.2) is 0 Å². The summed E-state index contributed by atoms with van der Waals surface area (Å²) in [6.45, 7) is 6.14. The number of unbranched alkanes of at least 4 members (excludes halogenated alkanes) is 6. The molecular weight excluding hydrogens is 211 g/mol. The maximum Gasteiger partial charge on any atom is 1.00 e. The van der Waals surface area contributed by atoms with Crippen LogP contribution >= 0.6 is 0 Å². The van der Waals surface area contributed by atoms with Gasteiger partial charge in [-0.2, -0.15) is 0 Å². The second-order valence-corrected chi connectivity index (χ2v) is 4.77. The van der Waals surface area contributed by atoms with Gasteiger partial charge >= 0.3 is 18.9 Å². The van der Waals surface area contributed by atoms with Gasteiger partial charge < -0.3 is 1.43 Å². The molecule has 0 aliphatic heterocycles. The molecule has 0 aromatic heterocycles. The van der Waals surface area contributed by atoms with Crippen molar-refractivity contribution in [3.05, 3.63) is 42.0 Å². The van der Waals surface area contributed by atoms with Gasteiger partial charge in [0, 0.05) is 0 Å². The van der Waals surface area contributed by atoms with Crippen LogP contribution in [-0.2, 0) is 6.42 Å². The second kappa shape index (κ2) is 11.6. The molecule has 0 N–H and O–H groups in total. The average molecular weight is 238 g/mol. The van der Waals surface area contributed by atoms with Crippen LogP contribution < -0.4 is 18.9 Å². The van der Waals surface area contributed by atoms with Crippen molar-refractivity contribution in [1.29, 1.82) is 0 Å². The fourth-order valence-corrected chi connectivity index (χ4v) is 2.23. The molecule has 1 heteroatoms. The molecule has 0 aliphatic rings. The van der Waals surface area contributed by atoms with Gasteiger partial charge in [-0.05, 0) is 24.0 Å². The van der Waals surface area contributed by atoms with E-state index in [2.05, 4.69) is 37.8 Å². The molecule has 1 aromatic carbocycles. The Kier molecular flexibility index (Phi) is 11.4. The van der Waals surface area contributed by atoms with Crippen LogP contribution in [-0.4, -0.2) is 0 Å². The van der Waals surface area contributed by atoms with E-state index in [4.69, 9.17) is 0 Å². The van der Waals surface area contributed by atoms with Gasteiger partial charge in [0.05, 0.1) is 0 Å². The van der Waals surface area contributed by atoms with Gasteiger partial charge in [-0.15, -0.1) is 0 Å². The third-order valence-corrected chi connectivity index (χ3v) is 3.32. The molecule has 0 radical (unpaired) electrons. The van der Waals surface area contributed by atoms with E-state index in [1.165, 1.54) is 62.5 Å². The SMILES string of the molecule is C=Cc1ccccc1CCCCCCCCC.[H-].[Li+]. The van der Waals surface area contributed by atoms with Crippen molar-refractivity contribution in [1.82, 2.24) is 0 Å². The third kappa shape index (κ3) is 7.09. The van der Waals surface area contributed by atoms with Crippen LogP contribution in [0.5, 0.6) is 0 Å². The van der Waals surface area contributed by atoms with E-state index < -0.39 is 0 Å². The Hall–Kier alpha value is -0.443. The Morgan fingerprint density at radius 2 is 1.61 bits per heavy atom. The molecule has 0 saturated carbocycles. The summed E-state index contributed by atoms with van der Waals surface area (Å²) in [6.07, 6.45) is 12.8. The van der Waals surface area contributed by atoms with Crippen LogP contribution in [0.3, 0.4) is 0 Å². The van der Waals surface area contributed by atoms with Crippen LogP contribution in [0.15, 0.2) is 30.8 Å². The maximum absolute atomic E-state index is 3.87. The predicted octanol–water partition coefficient (Wildman–Crippen LogP) is 2.74. The summed E-state index contributed by atoms with van der Waals surface area (Å²) in [4.78, 5) is 0. The second-order valence-electron chi connectivity index (χ2n) is 4.77. The Morgan fingerprint density at radius 3 is 2.28 bits per heavy atom. The van der Waals surface area contributed by atoms with Crippen molar-refractivity contribution >= 4 is 6.08 Å². The predicted molar refractivity (Wildman–Crippen MR) is 79.3 cm³/mol. The first-order valence-corrected chi connectivity index (χ1v) is 7.08. The van der Waals surface area contributed by atoms with Gasteiger partial charge in [0.1, 0.15) is 0 Å². The molecule has 0 saturated heterocycles. The molecule has 0 unspecified atom stereocenters. The minimum absolute atomic E-state index is 0. The first kappa shape index (κ1) is 17.6. The standard InChI is InChI=1S/C17H26.Li.H/c1-3-5-6-7-8-9-10-14-17-15-12-11-13-16(17)4-2;;/h4,11-13,15H,2-3,5-10,14H2,1H3;;/q;+1;-1. The molecule has 0 fully saturated rings. The molecule has 0 atom stereocenters. The van der Waals surface area contributed by atoms with E-state index in [1.54, 1.807) is 0 Å². The first-order valence-electron chi connectivity index (χ1n) is 7.08. The maximum atomic E-state index is 3.87. The summed E-state index contributed by atoms with van der Waals surface area (Å²) in [7, 11) is 0. The summed E-state index contributed by atoms with van der Waals surface area (Å²) in [6, 6.07) is 8.60. The third-order valence-electron chi connectivity index (χ3n) is 3.32. The average Bonchev–Trinajstić information content (AvgIpc) is 2.38. The van der Waals surface area contributed by atoms with E-state index in [9.17, 15) is 0 Å². The van der Waals surface area contributed by atoms with Crippen LogP contribution in [0.4, 0.5) is 0 Å². The van der Waals surface area contributed by atoms with Gasteiger partial charge in [0.2, 0.25) is 0 Å². The van der Waals surface area contributed by atoms with E-state index in [0.717, 1.165) is 0 Å². The molecule has 0 heterocycles. The number of hydrogen-bond acceptors (Lipinski definition) is 0. The van der Waals surface area contributed by atoms with E-state index in [0.29, 0.717) is 0 Å². The largest absolute Gasteiger partial charge is 1.00 e. The zero-order chi connectivity index (χ0) is 12.3. The smallest absolute Gasteiger partial charge is 1.00 e. The number of rotatable bonds is 9. The van der Waals surface area contributed by atoms with Gasteiger partial charge in [-0.1, -0.05) is 82.4 Å². The molecule has 0 aliphatic carbocycles. The van der Waals surface area contributed by atoms with Crippen LogP contribution in [0.2, 0.25) is 0 Å². The van der Waals surface area contributed by atoms with Crippen molar-refractivity contribution < 1.29 is 20.3 Å². The van der Waals surface area contributed by atoms with Crippen LogP contribution in [0, 0.1) is 0 Å². The van der Waals surface area contributed by atoms with Gasteiger partial charge in [0.25, 0.3) is 0 Å². The number of benzene rings is 1. The molecule has 0 nitrogen and oxygen atoms in total. The molecule has 18 heavy (non-hydrogen) atoms. The molecule has 0 amide bonds. The van der Waals surface area contributed by atoms with E-state index in [1.807, 2.05) is 6.08 Å². The zero-order valence-corrected chi connectivity index (χ0v) is 12.3. The normalized spacial score (nSPS) is 9.83. The monoisotopic (exact) mass is 238 g/mol. The first-order chi connectivity index (χ1) is 8.38. The molecule has 1 aromatic rings. The molecule has 0 spiro atoms. The van der Waals surface area contributed by atoms with Crippen molar-refractivity contribution in [2.45, 2.75) is 58.3 Å². The van der Waals surface area contributed by atoms with Crippen molar-refractivity contribution in [2.24, 2.45) is 0 Å². The summed E-state index contributed by atoms with van der Waals surface area (Å²) >= 11 is 0. The van der Waals surface area contributed by atoms with E-state index >= 15 is 0 Å².